The Bertz CT molecular complexity index is 571. The first-order valence-electron chi connectivity index (χ1n) is 8.15. The smallest absolute Gasteiger partial charge is 0.410 e. The molecule has 0 atom stereocenters. The van der Waals surface area contributed by atoms with Crippen LogP contribution in [0.2, 0.25) is 0 Å². The summed E-state index contributed by atoms with van der Waals surface area (Å²) in [5.74, 6) is -0.103. The maximum absolute atomic E-state index is 12.0. The Labute approximate surface area is 141 Å². The van der Waals surface area contributed by atoms with Crippen molar-refractivity contribution in [3.05, 3.63) is 11.8 Å². The highest BCUT2D eigenvalue weighted by atomic mass is 16.6. The number of H-pyrrole nitrogens is 1. The second-order valence-electron chi connectivity index (χ2n) is 6.62. The normalized spacial score (nSPS) is 15.9. The van der Waals surface area contributed by atoms with Crippen LogP contribution in [0.3, 0.4) is 0 Å². The molecule has 0 aliphatic carbocycles. The molecule has 8 nitrogen and oxygen atoms in total. The highest BCUT2D eigenvalue weighted by Gasteiger charge is 2.28. The predicted molar refractivity (Wildman–Crippen MR) is 86.0 cm³/mol. The number of carbonyl (C=O) groups excluding carboxylic acids is 2. The summed E-state index contributed by atoms with van der Waals surface area (Å²) in [6.45, 7) is 8.71. The van der Waals surface area contributed by atoms with Gasteiger partial charge in [0.15, 0.2) is 0 Å². The van der Waals surface area contributed by atoms with E-state index in [0.29, 0.717) is 38.4 Å². The standard InChI is InChI=1S/C16H25N3O5/c1-5-22-14(20)12-10-13(18-17-12)23-11-6-8-19(9-7-11)15(21)24-16(2,3)4/h10-11H,5-9H2,1-4H3,(H,17,18). The van der Waals surface area contributed by atoms with Gasteiger partial charge in [0.05, 0.1) is 6.61 Å². The van der Waals surface area contributed by atoms with E-state index >= 15 is 0 Å². The van der Waals surface area contributed by atoms with E-state index in [2.05, 4.69) is 10.2 Å². The molecular formula is C16H25N3O5. The number of ether oxygens (including phenoxy) is 3. The van der Waals surface area contributed by atoms with Crippen molar-refractivity contribution in [3.8, 4) is 5.88 Å². The third-order valence-corrected chi connectivity index (χ3v) is 3.43. The van der Waals surface area contributed by atoms with Crippen LogP contribution in [-0.2, 0) is 9.47 Å². The number of carbonyl (C=O) groups is 2. The summed E-state index contributed by atoms with van der Waals surface area (Å²) in [5.41, 5.74) is -0.235. The van der Waals surface area contributed by atoms with E-state index in [1.54, 1.807) is 11.8 Å². The third kappa shape index (κ3) is 5.14. The van der Waals surface area contributed by atoms with E-state index in [9.17, 15) is 9.59 Å². The van der Waals surface area contributed by atoms with E-state index in [4.69, 9.17) is 14.2 Å². The fraction of sp³-hybridized carbons (Fsp3) is 0.688. The topological polar surface area (TPSA) is 93.8 Å². The first-order chi connectivity index (χ1) is 11.3. The van der Waals surface area contributed by atoms with E-state index < -0.39 is 11.6 Å². The second kappa shape index (κ2) is 7.55. The van der Waals surface area contributed by atoms with E-state index in [0.717, 1.165) is 0 Å². The van der Waals surface area contributed by atoms with Crippen molar-refractivity contribution in [1.29, 1.82) is 0 Å². The number of rotatable bonds is 4. The van der Waals surface area contributed by atoms with Crippen molar-refractivity contribution in [1.82, 2.24) is 15.1 Å². The summed E-state index contributed by atoms with van der Waals surface area (Å²) in [4.78, 5) is 25.3. The molecule has 8 heteroatoms. The summed E-state index contributed by atoms with van der Waals surface area (Å²) in [6.07, 6.45) is 1.01. The fourth-order valence-electron chi connectivity index (χ4n) is 2.33. The molecule has 2 rings (SSSR count). The molecule has 0 spiro atoms. The van der Waals surface area contributed by atoms with Gasteiger partial charge in [0.1, 0.15) is 17.4 Å². The number of nitrogens with one attached hydrogen (secondary N) is 1. The van der Waals surface area contributed by atoms with Crippen molar-refractivity contribution in [3.63, 3.8) is 0 Å². The Hall–Kier alpha value is -2.25. The zero-order valence-electron chi connectivity index (χ0n) is 14.6. The molecule has 1 aliphatic rings. The molecule has 0 radical (unpaired) electrons. The average molecular weight is 339 g/mol. The van der Waals surface area contributed by atoms with Crippen LogP contribution in [0.15, 0.2) is 6.07 Å². The van der Waals surface area contributed by atoms with Crippen molar-refractivity contribution >= 4 is 12.1 Å². The number of nitrogens with zero attached hydrogens (tertiary/aromatic N) is 2. The van der Waals surface area contributed by atoms with Gasteiger partial charge in [0.2, 0.25) is 5.88 Å². The third-order valence-electron chi connectivity index (χ3n) is 3.43. The molecular weight excluding hydrogens is 314 g/mol. The Morgan fingerprint density at radius 3 is 2.58 bits per heavy atom. The molecule has 0 unspecified atom stereocenters. The molecule has 2 heterocycles. The molecule has 1 N–H and O–H groups in total. The van der Waals surface area contributed by atoms with Gasteiger partial charge in [-0.25, -0.2) is 9.59 Å². The van der Waals surface area contributed by atoms with Crippen molar-refractivity contribution in [2.75, 3.05) is 19.7 Å². The van der Waals surface area contributed by atoms with Crippen LogP contribution in [0.1, 0.15) is 51.0 Å². The molecule has 1 aliphatic heterocycles. The Morgan fingerprint density at radius 1 is 1.33 bits per heavy atom. The number of piperidine rings is 1. The summed E-state index contributed by atoms with van der Waals surface area (Å²) < 4.78 is 16.0. The van der Waals surface area contributed by atoms with Gasteiger partial charge in [0, 0.05) is 32.0 Å². The molecule has 1 aromatic heterocycles. The number of amides is 1. The van der Waals surface area contributed by atoms with Gasteiger partial charge >= 0.3 is 12.1 Å². The molecule has 0 saturated carbocycles. The van der Waals surface area contributed by atoms with E-state index in [1.807, 2.05) is 20.8 Å². The van der Waals surface area contributed by atoms with Crippen LogP contribution in [-0.4, -0.2) is 58.6 Å². The largest absolute Gasteiger partial charge is 0.473 e. The predicted octanol–water partition coefficient (Wildman–Crippen LogP) is 2.36. The summed E-state index contributed by atoms with van der Waals surface area (Å²) in [7, 11) is 0. The Kier molecular flexibility index (Phi) is 5.69. The van der Waals surface area contributed by atoms with Gasteiger partial charge in [-0.3, -0.25) is 5.10 Å². The lowest BCUT2D eigenvalue weighted by atomic mass is 10.1. The number of likely N-dealkylation sites (tertiary alicyclic amines) is 1. The van der Waals surface area contributed by atoms with Crippen LogP contribution < -0.4 is 4.74 Å². The summed E-state index contributed by atoms with van der Waals surface area (Å²) in [5, 5.41) is 6.56. The molecule has 1 saturated heterocycles. The molecule has 0 bridgehead atoms. The Balaban J connectivity index is 1.81. The van der Waals surface area contributed by atoms with Gasteiger partial charge in [-0.15, -0.1) is 5.10 Å². The molecule has 0 aromatic carbocycles. The Morgan fingerprint density at radius 2 is 2.00 bits per heavy atom. The minimum absolute atomic E-state index is 0.0537. The maximum atomic E-state index is 12.0. The van der Waals surface area contributed by atoms with Crippen LogP contribution in [0, 0.1) is 0 Å². The van der Waals surface area contributed by atoms with Gasteiger partial charge in [-0.1, -0.05) is 0 Å². The lowest BCUT2D eigenvalue weighted by Crippen LogP contribution is -2.44. The summed E-state index contributed by atoms with van der Waals surface area (Å²) >= 11 is 0. The molecule has 134 valence electrons. The first kappa shape index (κ1) is 18.1. The number of hydrogen-bond acceptors (Lipinski definition) is 6. The van der Waals surface area contributed by atoms with Gasteiger partial charge < -0.3 is 19.1 Å². The van der Waals surface area contributed by atoms with Crippen LogP contribution in [0.5, 0.6) is 5.88 Å². The molecule has 1 aromatic rings. The zero-order chi connectivity index (χ0) is 17.7. The number of aromatic amines is 1. The van der Waals surface area contributed by atoms with E-state index in [1.165, 1.54) is 6.07 Å². The molecule has 1 amide bonds. The fourth-order valence-corrected chi connectivity index (χ4v) is 2.33. The minimum atomic E-state index is -0.497. The maximum Gasteiger partial charge on any atom is 0.410 e. The van der Waals surface area contributed by atoms with Crippen molar-refractivity contribution < 1.29 is 23.8 Å². The van der Waals surface area contributed by atoms with Gasteiger partial charge in [-0.05, 0) is 27.7 Å². The van der Waals surface area contributed by atoms with Crippen molar-refractivity contribution in [2.24, 2.45) is 0 Å². The average Bonchev–Trinajstić information content (AvgIpc) is 2.95. The zero-order valence-corrected chi connectivity index (χ0v) is 14.6. The molecule has 1 fully saturated rings. The van der Waals surface area contributed by atoms with Crippen LogP contribution in [0.25, 0.3) is 0 Å². The van der Waals surface area contributed by atoms with Crippen molar-refractivity contribution in [2.45, 2.75) is 52.2 Å². The van der Waals surface area contributed by atoms with Gasteiger partial charge in [-0.2, -0.15) is 0 Å². The highest BCUT2D eigenvalue weighted by Crippen LogP contribution is 2.20. The monoisotopic (exact) mass is 339 g/mol. The first-order valence-corrected chi connectivity index (χ1v) is 8.15. The number of esters is 1. The lowest BCUT2D eigenvalue weighted by molar-refractivity contribution is 0.0122. The van der Waals surface area contributed by atoms with Crippen LogP contribution in [0.4, 0.5) is 4.79 Å². The minimum Gasteiger partial charge on any atom is -0.473 e. The van der Waals surface area contributed by atoms with Crippen LogP contribution >= 0.6 is 0 Å². The number of aromatic nitrogens is 2. The second-order valence-corrected chi connectivity index (χ2v) is 6.62. The SMILES string of the molecule is CCOC(=O)c1cc(OC2CCN(C(=O)OC(C)(C)C)CC2)n[nH]1. The molecule has 24 heavy (non-hydrogen) atoms. The van der Waals surface area contributed by atoms with Gasteiger partial charge in [0.25, 0.3) is 0 Å². The quantitative estimate of drug-likeness (QED) is 0.846. The lowest BCUT2D eigenvalue weighted by Gasteiger charge is -2.33. The summed E-state index contributed by atoms with van der Waals surface area (Å²) in [6, 6.07) is 1.53. The van der Waals surface area contributed by atoms with E-state index in [-0.39, 0.29) is 17.9 Å². The highest BCUT2D eigenvalue weighted by molar-refractivity contribution is 5.87. The number of hydrogen-bond donors (Lipinski definition) is 1.